The van der Waals surface area contributed by atoms with Gasteiger partial charge in [-0.1, -0.05) is 42.5 Å². The molecule has 0 saturated carbocycles. The Bertz CT molecular complexity index is 1060. The van der Waals surface area contributed by atoms with Gasteiger partial charge >= 0.3 is 0 Å². The minimum Gasteiger partial charge on any atom is -0.365 e. The lowest BCUT2D eigenvalue weighted by atomic mass is 9.95. The number of amides is 2. The first-order valence-corrected chi connectivity index (χ1v) is 9.86. The van der Waals surface area contributed by atoms with Crippen LogP contribution in [0.15, 0.2) is 48.5 Å². The molecule has 1 aliphatic rings. The summed E-state index contributed by atoms with van der Waals surface area (Å²) < 4.78 is 0. The summed E-state index contributed by atoms with van der Waals surface area (Å²) in [5.41, 5.74) is 8.07. The molecule has 0 bridgehead atoms. The van der Waals surface area contributed by atoms with Crippen LogP contribution in [0.25, 0.3) is 16.8 Å². The summed E-state index contributed by atoms with van der Waals surface area (Å²) in [4.78, 5) is 25.6. The van der Waals surface area contributed by atoms with E-state index in [0.717, 1.165) is 47.6 Å². The number of hydrogen-bond donors (Lipinski definition) is 2. The van der Waals surface area contributed by atoms with Gasteiger partial charge in [-0.15, -0.1) is 11.3 Å². The number of aryl methyl sites for hydroxylation is 1. The number of primary amides is 1. The summed E-state index contributed by atoms with van der Waals surface area (Å²) in [5, 5.41) is 5.65. The van der Waals surface area contributed by atoms with E-state index in [0.29, 0.717) is 10.6 Å². The summed E-state index contributed by atoms with van der Waals surface area (Å²) in [6, 6.07) is 14.0. The molecule has 1 heterocycles. The van der Waals surface area contributed by atoms with Crippen LogP contribution in [0.1, 0.15) is 39.2 Å². The molecule has 27 heavy (non-hydrogen) atoms. The quantitative estimate of drug-likeness (QED) is 0.657. The minimum absolute atomic E-state index is 0.260. The van der Waals surface area contributed by atoms with E-state index in [-0.39, 0.29) is 5.91 Å². The van der Waals surface area contributed by atoms with Crippen molar-refractivity contribution in [2.24, 2.45) is 5.73 Å². The van der Waals surface area contributed by atoms with Crippen molar-refractivity contribution in [2.75, 3.05) is 5.32 Å². The van der Waals surface area contributed by atoms with Crippen molar-refractivity contribution < 1.29 is 9.59 Å². The predicted molar refractivity (Wildman–Crippen MR) is 111 cm³/mol. The first-order valence-electron chi connectivity index (χ1n) is 9.04. The van der Waals surface area contributed by atoms with Crippen molar-refractivity contribution >= 4 is 45.0 Å². The second-order valence-corrected chi connectivity index (χ2v) is 7.78. The molecule has 4 nitrogen and oxygen atoms in total. The van der Waals surface area contributed by atoms with Crippen molar-refractivity contribution in [2.45, 2.75) is 25.7 Å². The number of fused-ring (bicyclic) bond motifs is 2. The second-order valence-electron chi connectivity index (χ2n) is 6.67. The average Bonchev–Trinajstić information content (AvgIpc) is 3.04. The number of thiophene rings is 1. The first kappa shape index (κ1) is 17.5. The molecule has 136 valence electrons. The molecule has 0 unspecified atom stereocenters. The van der Waals surface area contributed by atoms with E-state index < -0.39 is 5.91 Å². The number of hydrogen-bond acceptors (Lipinski definition) is 3. The minimum atomic E-state index is -0.470. The van der Waals surface area contributed by atoms with E-state index in [4.69, 9.17) is 5.73 Å². The van der Waals surface area contributed by atoms with Gasteiger partial charge in [-0.3, -0.25) is 9.59 Å². The molecule has 3 N–H and O–H groups in total. The summed E-state index contributed by atoms with van der Waals surface area (Å²) in [5.74, 6) is -0.730. The Kier molecular flexibility index (Phi) is 4.77. The second kappa shape index (κ2) is 7.37. The lowest BCUT2D eigenvalue weighted by Crippen LogP contribution is -2.17. The van der Waals surface area contributed by atoms with Crippen LogP contribution in [0.5, 0.6) is 0 Å². The molecule has 0 spiro atoms. The van der Waals surface area contributed by atoms with Crippen molar-refractivity contribution in [3.8, 4) is 0 Å². The average molecular weight is 376 g/mol. The summed E-state index contributed by atoms with van der Waals surface area (Å²) in [6.07, 6.45) is 7.27. The molecular weight excluding hydrogens is 356 g/mol. The van der Waals surface area contributed by atoms with Gasteiger partial charge in [0.1, 0.15) is 5.00 Å². The number of nitrogens with one attached hydrogen (secondary N) is 1. The third kappa shape index (κ3) is 3.51. The number of rotatable bonds is 4. The molecule has 0 aliphatic heterocycles. The zero-order chi connectivity index (χ0) is 18.8. The molecule has 0 radical (unpaired) electrons. The zero-order valence-electron chi connectivity index (χ0n) is 14.8. The maximum atomic E-state index is 12.5. The Labute approximate surface area is 161 Å². The van der Waals surface area contributed by atoms with Gasteiger partial charge < -0.3 is 11.1 Å². The topological polar surface area (TPSA) is 72.2 Å². The summed E-state index contributed by atoms with van der Waals surface area (Å²) >= 11 is 1.48. The standard InChI is InChI=1S/C22H20N2O2S/c23-21(26)20-17-10-3-4-11-18(17)27-22(20)24-19(25)13-12-15-8-5-7-14-6-1-2-9-16(14)15/h1-2,5-9,12-13H,3-4,10-11H2,(H2,23,26)(H,24,25). The fourth-order valence-corrected chi connectivity index (χ4v) is 4.93. The Balaban J connectivity index is 1.59. The van der Waals surface area contributed by atoms with E-state index >= 15 is 0 Å². The normalized spacial score (nSPS) is 13.6. The molecule has 2 amide bonds. The molecule has 0 atom stereocenters. The molecule has 4 rings (SSSR count). The van der Waals surface area contributed by atoms with Crippen LogP contribution in [-0.4, -0.2) is 11.8 Å². The Hall–Kier alpha value is -2.92. The van der Waals surface area contributed by atoms with Crippen LogP contribution >= 0.6 is 11.3 Å². The third-order valence-electron chi connectivity index (χ3n) is 4.89. The lowest BCUT2D eigenvalue weighted by Gasteiger charge is -2.11. The number of carbonyl (C=O) groups is 2. The van der Waals surface area contributed by atoms with E-state index in [1.165, 1.54) is 22.3 Å². The van der Waals surface area contributed by atoms with Crippen molar-refractivity contribution in [3.05, 3.63) is 70.1 Å². The molecule has 1 aromatic heterocycles. The predicted octanol–water partition coefficient (Wildman–Crippen LogP) is 4.53. The molecular formula is C22H20N2O2S. The van der Waals surface area contributed by atoms with Crippen LogP contribution in [0.4, 0.5) is 5.00 Å². The SMILES string of the molecule is NC(=O)c1c(NC(=O)C=Cc2cccc3ccccc23)sc2c1CCCC2. The maximum Gasteiger partial charge on any atom is 0.251 e. The van der Waals surface area contributed by atoms with Crippen LogP contribution in [0.2, 0.25) is 0 Å². The number of nitrogens with two attached hydrogens (primary N) is 1. The zero-order valence-corrected chi connectivity index (χ0v) is 15.6. The molecule has 0 saturated heterocycles. The summed E-state index contributed by atoms with van der Waals surface area (Å²) in [7, 11) is 0. The first-order chi connectivity index (χ1) is 13.1. The Morgan fingerprint density at radius 2 is 1.81 bits per heavy atom. The van der Waals surface area contributed by atoms with Crippen molar-refractivity contribution in [1.82, 2.24) is 0 Å². The van der Waals surface area contributed by atoms with E-state index in [2.05, 4.69) is 5.32 Å². The number of anilines is 1. The van der Waals surface area contributed by atoms with Crippen molar-refractivity contribution in [3.63, 3.8) is 0 Å². The fourth-order valence-electron chi connectivity index (χ4n) is 3.63. The van der Waals surface area contributed by atoms with Crippen molar-refractivity contribution in [1.29, 1.82) is 0 Å². The highest BCUT2D eigenvalue weighted by atomic mass is 32.1. The highest BCUT2D eigenvalue weighted by Crippen LogP contribution is 2.37. The van der Waals surface area contributed by atoms with Crippen LogP contribution < -0.4 is 11.1 Å². The van der Waals surface area contributed by atoms with Gasteiger partial charge in [0.05, 0.1) is 5.56 Å². The number of benzene rings is 2. The maximum absolute atomic E-state index is 12.5. The van der Waals surface area contributed by atoms with Gasteiger partial charge in [-0.25, -0.2) is 0 Å². The highest BCUT2D eigenvalue weighted by Gasteiger charge is 2.24. The van der Waals surface area contributed by atoms with Crippen LogP contribution in [0.3, 0.4) is 0 Å². The van der Waals surface area contributed by atoms with Gasteiger partial charge in [-0.2, -0.15) is 0 Å². The van der Waals surface area contributed by atoms with Crippen LogP contribution in [0, 0.1) is 0 Å². The van der Waals surface area contributed by atoms with E-state index in [9.17, 15) is 9.59 Å². The largest absolute Gasteiger partial charge is 0.365 e. The van der Waals surface area contributed by atoms with E-state index in [1.54, 1.807) is 6.08 Å². The highest BCUT2D eigenvalue weighted by molar-refractivity contribution is 7.17. The van der Waals surface area contributed by atoms with Crippen LogP contribution in [-0.2, 0) is 17.6 Å². The Morgan fingerprint density at radius 1 is 1.04 bits per heavy atom. The fraction of sp³-hybridized carbons (Fsp3) is 0.182. The molecule has 3 aromatic rings. The van der Waals surface area contributed by atoms with Gasteiger partial charge in [0.25, 0.3) is 5.91 Å². The molecule has 5 heteroatoms. The third-order valence-corrected chi connectivity index (χ3v) is 6.10. The molecule has 2 aromatic carbocycles. The molecule has 1 aliphatic carbocycles. The lowest BCUT2D eigenvalue weighted by molar-refractivity contribution is -0.111. The van der Waals surface area contributed by atoms with Gasteiger partial charge in [-0.05, 0) is 53.7 Å². The Morgan fingerprint density at radius 3 is 2.67 bits per heavy atom. The van der Waals surface area contributed by atoms with Gasteiger partial charge in [0.2, 0.25) is 5.91 Å². The molecule has 0 fully saturated rings. The number of carbonyl (C=O) groups excluding carboxylic acids is 2. The monoisotopic (exact) mass is 376 g/mol. The van der Waals surface area contributed by atoms with Gasteiger partial charge in [0.15, 0.2) is 0 Å². The summed E-state index contributed by atoms with van der Waals surface area (Å²) in [6.45, 7) is 0. The van der Waals surface area contributed by atoms with Gasteiger partial charge in [0, 0.05) is 11.0 Å². The van der Waals surface area contributed by atoms with E-state index in [1.807, 2.05) is 42.5 Å². The smallest absolute Gasteiger partial charge is 0.251 e.